The van der Waals surface area contributed by atoms with Crippen LogP contribution in [0.2, 0.25) is 0 Å². The predicted molar refractivity (Wildman–Crippen MR) is 63.9 cm³/mol. The lowest BCUT2D eigenvalue weighted by atomic mass is 10.1. The number of rotatable bonds is 5. The van der Waals surface area contributed by atoms with E-state index in [9.17, 15) is 9.90 Å². The standard InChI is InChI=1S/C11H17NO3S/c1-8-4-5-9(16-8)10(13)12-6-11(2,14)7-15-3/h4-5,14H,6-7H2,1-3H3,(H,12,13)/t11-/m0/s1. The van der Waals surface area contributed by atoms with Crippen molar-refractivity contribution < 1.29 is 14.6 Å². The van der Waals surface area contributed by atoms with Crippen LogP contribution in [0.1, 0.15) is 21.5 Å². The summed E-state index contributed by atoms with van der Waals surface area (Å²) >= 11 is 1.43. The molecule has 0 aliphatic carbocycles. The Balaban J connectivity index is 2.47. The number of hydrogen-bond acceptors (Lipinski definition) is 4. The van der Waals surface area contributed by atoms with Crippen molar-refractivity contribution in [1.82, 2.24) is 5.32 Å². The number of aryl methyl sites for hydroxylation is 1. The number of carbonyl (C=O) groups is 1. The van der Waals surface area contributed by atoms with Crippen LogP contribution in [0, 0.1) is 6.92 Å². The molecule has 0 saturated carbocycles. The molecule has 5 heteroatoms. The Morgan fingerprint density at radius 2 is 2.31 bits per heavy atom. The van der Waals surface area contributed by atoms with Gasteiger partial charge >= 0.3 is 0 Å². The molecule has 1 heterocycles. The minimum Gasteiger partial charge on any atom is -0.386 e. The molecule has 0 aliphatic rings. The summed E-state index contributed by atoms with van der Waals surface area (Å²) in [5, 5.41) is 12.5. The van der Waals surface area contributed by atoms with Crippen molar-refractivity contribution in [3.8, 4) is 0 Å². The molecule has 4 nitrogen and oxygen atoms in total. The van der Waals surface area contributed by atoms with E-state index in [1.54, 1.807) is 13.0 Å². The van der Waals surface area contributed by atoms with E-state index in [1.807, 2.05) is 13.0 Å². The van der Waals surface area contributed by atoms with Gasteiger partial charge in [-0.25, -0.2) is 0 Å². The van der Waals surface area contributed by atoms with Crippen LogP contribution in [0.15, 0.2) is 12.1 Å². The van der Waals surface area contributed by atoms with Gasteiger partial charge in [0, 0.05) is 18.5 Å². The molecule has 16 heavy (non-hydrogen) atoms. The molecule has 1 atom stereocenters. The van der Waals surface area contributed by atoms with E-state index in [1.165, 1.54) is 18.4 Å². The minimum atomic E-state index is -1.03. The second kappa shape index (κ2) is 5.43. The summed E-state index contributed by atoms with van der Waals surface area (Å²) in [6.45, 7) is 3.94. The Morgan fingerprint density at radius 1 is 1.62 bits per heavy atom. The van der Waals surface area contributed by atoms with E-state index in [2.05, 4.69) is 5.32 Å². The Hall–Kier alpha value is -0.910. The second-order valence-corrected chi connectivity index (χ2v) is 5.31. The highest BCUT2D eigenvalue weighted by Crippen LogP contribution is 2.14. The predicted octanol–water partition coefficient (Wildman–Crippen LogP) is 1.18. The molecular weight excluding hydrogens is 226 g/mol. The quantitative estimate of drug-likeness (QED) is 0.816. The summed E-state index contributed by atoms with van der Waals surface area (Å²) < 4.78 is 4.85. The largest absolute Gasteiger partial charge is 0.386 e. The molecule has 0 fully saturated rings. The van der Waals surface area contributed by atoms with E-state index in [-0.39, 0.29) is 19.1 Å². The number of ether oxygens (including phenoxy) is 1. The zero-order valence-corrected chi connectivity index (χ0v) is 10.6. The van der Waals surface area contributed by atoms with Gasteiger partial charge in [-0.15, -0.1) is 11.3 Å². The maximum atomic E-state index is 11.7. The highest BCUT2D eigenvalue weighted by Gasteiger charge is 2.21. The Bertz CT molecular complexity index is 360. The van der Waals surface area contributed by atoms with Gasteiger partial charge in [-0.2, -0.15) is 0 Å². The maximum absolute atomic E-state index is 11.7. The van der Waals surface area contributed by atoms with E-state index in [0.717, 1.165) is 4.88 Å². The molecular formula is C11H17NO3S. The van der Waals surface area contributed by atoms with Crippen LogP contribution in [-0.4, -0.2) is 36.9 Å². The third-order valence-corrected chi connectivity index (χ3v) is 3.05. The Morgan fingerprint density at radius 3 is 2.81 bits per heavy atom. The maximum Gasteiger partial charge on any atom is 0.261 e. The van der Waals surface area contributed by atoms with Gasteiger partial charge in [-0.1, -0.05) is 0 Å². The fourth-order valence-corrected chi connectivity index (χ4v) is 2.06. The van der Waals surface area contributed by atoms with Crippen LogP contribution < -0.4 is 5.32 Å². The van der Waals surface area contributed by atoms with Crippen molar-refractivity contribution in [3.05, 3.63) is 21.9 Å². The second-order valence-electron chi connectivity index (χ2n) is 4.02. The molecule has 0 aromatic carbocycles. The lowest BCUT2D eigenvalue weighted by Gasteiger charge is -2.22. The number of amides is 1. The number of nitrogens with one attached hydrogen (secondary N) is 1. The summed E-state index contributed by atoms with van der Waals surface area (Å²) in [4.78, 5) is 13.4. The first-order valence-electron chi connectivity index (χ1n) is 5.00. The molecule has 0 unspecified atom stereocenters. The van der Waals surface area contributed by atoms with Crippen molar-refractivity contribution in [2.45, 2.75) is 19.4 Å². The van der Waals surface area contributed by atoms with Gasteiger partial charge in [0.15, 0.2) is 0 Å². The average molecular weight is 243 g/mol. The summed E-state index contributed by atoms with van der Waals surface area (Å²) in [7, 11) is 1.51. The van der Waals surface area contributed by atoms with Gasteiger partial charge in [-0.3, -0.25) is 4.79 Å². The highest BCUT2D eigenvalue weighted by atomic mass is 32.1. The Kier molecular flexibility index (Phi) is 4.46. The molecule has 1 aromatic heterocycles. The van der Waals surface area contributed by atoms with Crippen LogP contribution in [0.3, 0.4) is 0 Å². The summed E-state index contributed by atoms with van der Waals surface area (Å²) in [6.07, 6.45) is 0. The molecule has 90 valence electrons. The third kappa shape index (κ3) is 3.92. The van der Waals surface area contributed by atoms with E-state index < -0.39 is 5.60 Å². The highest BCUT2D eigenvalue weighted by molar-refractivity contribution is 7.13. The van der Waals surface area contributed by atoms with Gasteiger partial charge in [0.25, 0.3) is 5.91 Å². The van der Waals surface area contributed by atoms with Gasteiger partial charge in [0.1, 0.15) is 5.60 Å². The van der Waals surface area contributed by atoms with E-state index in [0.29, 0.717) is 4.88 Å². The molecule has 0 saturated heterocycles. The van der Waals surface area contributed by atoms with Crippen LogP contribution in [0.4, 0.5) is 0 Å². The summed E-state index contributed by atoms with van der Waals surface area (Å²) in [6, 6.07) is 3.67. The topological polar surface area (TPSA) is 58.6 Å². The average Bonchev–Trinajstić information content (AvgIpc) is 2.61. The lowest BCUT2D eigenvalue weighted by molar-refractivity contribution is -0.0146. The molecule has 1 aromatic rings. The van der Waals surface area contributed by atoms with Gasteiger partial charge in [0.2, 0.25) is 0 Å². The number of thiophene rings is 1. The van der Waals surface area contributed by atoms with Crippen LogP contribution >= 0.6 is 11.3 Å². The molecule has 0 aliphatic heterocycles. The monoisotopic (exact) mass is 243 g/mol. The lowest BCUT2D eigenvalue weighted by Crippen LogP contribution is -2.43. The molecule has 0 bridgehead atoms. The van der Waals surface area contributed by atoms with Crippen molar-refractivity contribution in [2.75, 3.05) is 20.3 Å². The smallest absolute Gasteiger partial charge is 0.261 e. The molecule has 2 N–H and O–H groups in total. The summed E-state index contributed by atoms with van der Waals surface area (Å²) in [5.74, 6) is -0.158. The van der Waals surface area contributed by atoms with Crippen molar-refractivity contribution in [3.63, 3.8) is 0 Å². The molecule has 0 spiro atoms. The number of carbonyl (C=O) groups excluding carboxylic acids is 1. The van der Waals surface area contributed by atoms with Crippen LogP contribution in [0.25, 0.3) is 0 Å². The first-order valence-corrected chi connectivity index (χ1v) is 5.82. The zero-order valence-electron chi connectivity index (χ0n) is 9.74. The first kappa shape index (κ1) is 13.2. The Labute approximate surface area is 99.2 Å². The molecule has 1 amide bonds. The SMILES string of the molecule is COC[C@@](C)(O)CNC(=O)c1ccc(C)s1. The molecule has 0 radical (unpaired) electrons. The van der Waals surface area contributed by atoms with Crippen molar-refractivity contribution in [1.29, 1.82) is 0 Å². The van der Waals surface area contributed by atoms with E-state index >= 15 is 0 Å². The number of methoxy groups -OCH3 is 1. The number of aliphatic hydroxyl groups is 1. The van der Waals surface area contributed by atoms with Crippen molar-refractivity contribution in [2.24, 2.45) is 0 Å². The van der Waals surface area contributed by atoms with Gasteiger partial charge in [-0.05, 0) is 26.0 Å². The minimum absolute atomic E-state index is 0.158. The third-order valence-electron chi connectivity index (χ3n) is 2.05. The zero-order chi connectivity index (χ0) is 12.2. The van der Waals surface area contributed by atoms with E-state index in [4.69, 9.17) is 4.74 Å². The van der Waals surface area contributed by atoms with Gasteiger partial charge < -0.3 is 15.2 Å². The van der Waals surface area contributed by atoms with Gasteiger partial charge in [0.05, 0.1) is 11.5 Å². The first-order chi connectivity index (χ1) is 7.44. The fraction of sp³-hybridized carbons (Fsp3) is 0.545. The van der Waals surface area contributed by atoms with Crippen LogP contribution in [0.5, 0.6) is 0 Å². The fourth-order valence-electron chi connectivity index (χ4n) is 1.28. The number of hydrogen-bond donors (Lipinski definition) is 2. The summed E-state index contributed by atoms with van der Waals surface area (Å²) in [5.41, 5.74) is -1.03. The molecule has 1 rings (SSSR count). The van der Waals surface area contributed by atoms with Crippen LogP contribution in [-0.2, 0) is 4.74 Å². The normalized spacial score (nSPS) is 14.5. The van der Waals surface area contributed by atoms with Crippen molar-refractivity contribution >= 4 is 17.2 Å².